The van der Waals surface area contributed by atoms with E-state index >= 15 is 0 Å². The fourth-order valence-electron chi connectivity index (χ4n) is 6.52. The second kappa shape index (κ2) is 5.87. The molecule has 1 heterocycles. The van der Waals surface area contributed by atoms with Gasteiger partial charge < -0.3 is 15.9 Å². The largest absolute Gasteiger partial charge is 0.388 e. The minimum absolute atomic E-state index is 0.112. The van der Waals surface area contributed by atoms with Gasteiger partial charge in [-0.1, -0.05) is 30.7 Å². The first-order valence-electron chi connectivity index (χ1n) is 9.69. The number of nitrogens with zero attached hydrogens (tertiary/aromatic N) is 1. The van der Waals surface area contributed by atoms with Crippen LogP contribution in [0.5, 0.6) is 0 Å². The molecule has 4 aliphatic rings. The molecule has 6 nitrogen and oxygen atoms in total. The Bertz CT molecular complexity index is 787. The Hall–Kier alpha value is -1.76. The Balaban J connectivity index is 1.93. The zero-order valence-electron chi connectivity index (χ0n) is 15.8. The van der Waals surface area contributed by atoms with E-state index in [9.17, 15) is 19.8 Å². The molecule has 0 aromatic carbocycles. The number of ketones is 1. The zero-order valence-corrected chi connectivity index (χ0v) is 15.8. The minimum Gasteiger partial charge on any atom is -0.388 e. The Kier molecular flexibility index (Phi) is 4.04. The molecule has 2 bridgehead atoms. The van der Waals surface area contributed by atoms with Crippen LogP contribution in [0.25, 0.3) is 0 Å². The number of allylic oxidation sites excluding steroid dienone is 2. The topological polar surface area (TPSA) is 104 Å². The van der Waals surface area contributed by atoms with Gasteiger partial charge in [-0.3, -0.25) is 14.5 Å². The van der Waals surface area contributed by atoms with Crippen LogP contribution in [0.4, 0.5) is 0 Å². The highest BCUT2D eigenvalue weighted by Crippen LogP contribution is 2.69. The van der Waals surface area contributed by atoms with Crippen molar-refractivity contribution in [3.8, 4) is 0 Å². The third-order valence-electron chi connectivity index (χ3n) is 7.96. The Morgan fingerprint density at radius 1 is 1.44 bits per heavy atom. The number of nitrogens with two attached hydrogens (primary N) is 1. The summed E-state index contributed by atoms with van der Waals surface area (Å²) >= 11 is 0. The van der Waals surface area contributed by atoms with Crippen LogP contribution < -0.4 is 5.73 Å². The summed E-state index contributed by atoms with van der Waals surface area (Å²) in [5.74, 6) is -0.548. The number of hydrogen-bond acceptors (Lipinski definition) is 5. The molecule has 1 amide bonds. The summed E-state index contributed by atoms with van der Waals surface area (Å²) < 4.78 is 0. The van der Waals surface area contributed by atoms with Crippen molar-refractivity contribution in [3.63, 3.8) is 0 Å². The third kappa shape index (κ3) is 2.12. The van der Waals surface area contributed by atoms with E-state index in [4.69, 9.17) is 5.73 Å². The number of likely N-dealkylation sites (tertiary alicyclic amines) is 1. The number of amides is 1. The first-order chi connectivity index (χ1) is 12.7. The van der Waals surface area contributed by atoms with Crippen molar-refractivity contribution in [1.82, 2.24) is 4.90 Å². The average Bonchev–Trinajstić information content (AvgIpc) is 2.61. The van der Waals surface area contributed by atoms with Crippen LogP contribution in [0, 0.1) is 10.8 Å². The first-order valence-corrected chi connectivity index (χ1v) is 9.69. The molecule has 0 aromatic rings. The van der Waals surface area contributed by atoms with E-state index in [1.54, 1.807) is 6.08 Å². The molecule has 146 valence electrons. The van der Waals surface area contributed by atoms with Crippen LogP contribution in [-0.2, 0) is 9.59 Å². The van der Waals surface area contributed by atoms with Gasteiger partial charge in [0.2, 0.25) is 5.91 Å². The van der Waals surface area contributed by atoms with Crippen LogP contribution >= 0.6 is 0 Å². The highest BCUT2D eigenvalue weighted by molar-refractivity contribution is 5.94. The summed E-state index contributed by atoms with van der Waals surface area (Å²) in [7, 11) is 0. The van der Waals surface area contributed by atoms with Crippen molar-refractivity contribution in [1.29, 1.82) is 0 Å². The molecule has 1 aliphatic heterocycles. The Morgan fingerprint density at radius 2 is 2.19 bits per heavy atom. The van der Waals surface area contributed by atoms with E-state index in [2.05, 4.69) is 11.5 Å². The number of rotatable bonds is 3. The summed E-state index contributed by atoms with van der Waals surface area (Å²) in [6.45, 7) is 7.14. The molecule has 0 radical (unpaired) electrons. The monoisotopic (exact) mass is 372 g/mol. The predicted octanol–water partition coefficient (Wildman–Crippen LogP) is 0.840. The van der Waals surface area contributed by atoms with Gasteiger partial charge in [0, 0.05) is 41.8 Å². The molecule has 0 aromatic heterocycles. The molecule has 1 saturated heterocycles. The lowest BCUT2D eigenvalue weighted by Crippen LogP contribution is -2.77. The summed E-state index contributed by atoms with van der Waals surface area (Å²) in [5.41, 5.74) is 3.84. The molecule has 27 heavy (non-hydrogen) atoms. The van der Waals surface area contributed by atoms with E-state index in [1.165, 1.54) is 0 Å². The Morgan fingerprint density at radius 3 is 2.85 bits per heavy atom. The molecule has 4 rings (SSSR count). The van der Waals surface area contributed by atoms with Gasteiger partial charge in [-0.15, -0.1) is 6.58 Å². The van der Waals surface area contributed by atoms with Gasteiger partial charge in [0.05, 0.1) is 11.7 Å². The standard InChI is InChI=1S/C21H28N2O4/c1-3-9-23-10-8-20-12-14(24)6-7-21(20,27)16(23)11-13-4-5-15(18(22)26)17(25)19(13,20)2/h3-5,16-17,25,27H,1,6-12H2,2H3,(H2,22,26)/t16-,17?,19+,20-,21-/m1/s1. The quantitative estimate of drug-likeness (QED) is 0.637. The molecule has 6 heteroatoms. The molecule has 1 unspecified atom stereocenters. The smallest absolute Gasteiger partial charge is 0.247 e. The van der Waals surface area contributed by atoms with E-state index in [-0.39, 0.29) is 23.8 Å². The SMILES string of the molecule is C=CCN1CC[C@]23CC(=O)CC[C@@]2(O)[C@H]1CC1=CC=C(C(N)=O)C(O)[C@]13C. The van der Waals surface area contributed by atoms with Gasteiger partial charge >= 0.3 is 0 Å². The number of carbonyl (C=O) groups excluding carboxylic acids is 2. The van der Waals surface area contributed by atoms with Crippen LogP contribution in [0.15, 0.2) is 36.0 Å². The molecule has 4 N–H and O–H groups in total. The van der Waals surface area contributed by atoms with Crippen molar-refractivity contribution in [2.24, 2.45) is 16.6 Å². The summed E-state index contributed by atoms with van der Waals surface area (Å²) in [5, 5.41) is 23.3. The zero-order chi connectivity index (χ0) is 19.6. The number of piperidine rings is 1. The van der Waals surface area contributed by atoms with E-state index in [0.717, 1.165) is 12.1 Å². The minimum atomic E-state index is -1.13. The van der Waals surface area contributed by atoms with Crippen LogP contribution in [0.2, 0.25) is 0 Å². The molecular formula is C21H28N2O4. The molecule has 3 fully saturated rings. The van der Waals surface area contributed by atoms with Crippen molar-refractivity contribution >= 4 is 11.7 Å². The van der Waals surface area contributed by atoms with Crippen molar-refractivity contribution in [3.05, 3.63) is 36.0 Å². The second-order valence-corrected chi connectivity index (χ2v) is 8.76. The average molecular weight is 372 g/mol. The maximum absolute atomic E-state index is 12.6. The van der Waals surface area contributed by atoms with Gasteiger partial charge in [-0.25, -0.2) is 0 Å². The summed E-state index contributed by atoms with van der Waals surface area (Å²) in [6.07, 6.45) is 6.31. The van der Waals surface area contributed by atoms with Crippen LogP contribution in [-0.4, -0.2) is 57.6 Å². The molecular weight excluding hydrogens is 344 g/mol. The Labute approximate surface area is 159 Å². The molecule has 0 spiro atoms. The van der Waals surface area contributed by atoms with Crippen LogP contribution in [0.3, 0.4) is 0 Å². The number of fused-ring (bicyclic) bond motifs is 1. The van der Waals surface area contributed by atoms with Crippen molar-refractivity contribution in [2.75, 3.05) is 13.1 Å². The molecule has 3 aliphatic carbocycles. The number of carbonyl (C=O) groups is 2. The predicted molar refractivity (Wildman–Crippen MR) is 101 cm³/mol. The number of Topliss-reactive ketones (excluding diaryl/α,β-unsaturated/α-hetero) is 1. The van der Waals surface area contributed by atoms with Gasteiger partial charge in [-0.05, 0) is 25.8 Å². The van der Waals surface area contributed by atoms with Crippen molar-refractivity contribution < 1.29 is 19.8 Å². The fourth-order valence-corrected chi connectivity index (χ4v) is 6.52. The summed E-state index contributed by atoms with van der Waals surface area (Å²) in [6, 6.07) is -0.132. The highest BCUT2D eigenvalue weighted by Gasteiger charge is 2.73. The molecule has 2 saturated carbocycles. The number of primary amides is 1. The maximum atomic E-state index is 12.6. The van der Waals surface area contributed by atoms with Gasteiger partial charge in [0.15, 0.2) is 0 Å². The lowest BCUT2D eigenvalue weighted by molar-refractivity contribution is -0.256. The lowest BCUT2D eigenvalue weighted by atomic mass is 9.38. The fraction of sp³-hybridized carbons (Fsp3) is 0.619. The number of aliphatic hydroxyl groups excluding tert-OH is 1. The van der Waals surface area contributed by atoms with Crippen molar-refractivity contribution in [2.45, 2.75) is 56.8 Å². The highest BCUT2D eigenvalue weighted by atomic mass is 16.3. The number of hydrogen-bond donors (Lipinski definition) is 3. The van der Waals surface area contributed by atoms with E-state index < -0.39 is 28.4 Å². The van der Waals surface area contributed by atoms with E-state index in [0.29, 0.717) is 32.2 Å². The molecule has 5 atom stereocenters. The maximum Gasteiger partial charge on any atom is 0.247 e. The van der Waals surface area contributed by atoms with E-state index in [1.807, 2.05) is 19.1 Å². The van der Waals surface area contributed by atoms with Gasteiger partial charge in [0.1, 0.15) is 5.78 Å². The first kappa shape index (κ1) is 18.6. The van der Waals surface area contributed by atoms with Gasteiger partial charge in [0.25, 0.3) is 0 Å². The van der Waals surface area contributed by atoms with Crippen LogP contribution in [0.1, 0.15) is 39.0 Å². The lowest BCUT2D eigenvalue weighted by Gasteiger charge is -2.71. The van der Waals surface area contributed by atoms with Gasteiger partial charge in [-0.2, -0.15) is 0 Å². The normalized spacial score (nSPS) is 43.9. The summed E-state index contributed by atoms with van der Waals surface area (Å²) in [4.78, 5) is 26.7. The third-order valence-corrected chi connectivity index (χ3v) is 7.96. The number of aliphatic hydroxyl groups is 2. The second-order valence-electron chi connectivity index (χ2n) is 8.76.